The van der Waals surface area contributed by atoms with Crippen molar-refractivity contribution in [1.82, 2.24) is 4.90 Å². The van der Waals surface area contributed by atoms with E-state index in [0.717, 1.165) is 49.1 Å². The molecule has 0 aromatic heterocycles. The number of rotatable bonds is 4. The lowest BCUT2D eigenvalue weighted by Crippen LogP contribution is -2.46. The molecule has 0 radical (unpaired) electrons. The van der Waals surface area contributed by atoms with Gasteiger partial charge < -0.3 is 14.4 Å². The Morgan fingerprint density at radius 1 is 1.21 bits per heavy atom. The fraction of sp³-hybridized carbons (Fsp3) is 0.650. The summed E-state index contributed by atoms with van der Waals surface area (Å²) in [6.07, 6.45) is 3.88. The summed E-state index contributed by atoms with van der Waals surface area (Å²) in [4.78, 5) is 14.3. The first kappa shape index (κ1) is 18.6. The van der Waals surface area contributed by atoms with E-state index in [-0.39, 0.29) is 12.1 Å². The monoisotopic (exact) mass is 333 g/mol. The van der Waals surface area contributed by atoms with Crippen molar-refractivity contribution in [2.75, 3.05) is 13.2 Å². The summed E-state index contributed by atoms with van der Waals surface area (Å²) in [6, 6.07) is 6.38. The number of hydrogen-bond donors (Lipinski definition) is 0. The SMILES string of the molecule is Cc1cccc(C)c1OCCC1CCCCN1C(=O)OC(C)(C)C. The number of carbonyl (C=O) groups excluding carboxylic acids is 1. The molecule has 1 heterocycles. The van der Waals surface area contributed by atoms with Gasteiger partial charge in [0.2, 0.25) is 0 Å². The van der Waals surface area contributed by atoms with Crippen LogP contribution >= 0.6 is 0 Å². The molecule has 134 valence electrons. The van der Waals surface area contributed by atoms with E-state index in [1.54, 1.807) is 0 Å². The molecule has 1 unspecified atom stereocenters. The van der Waals surface area contributed by atoms with Gasteiger partial charge in [0.25, 0.3) is 0 Å². The maximum absolute atomic E-state index is 12.4. The van der Waals surface area contributed by atoms with Crippen LogP contribution in [0.4, 0.5) is 4.79 Å². The maximum Gasteiger partial charge on any atom is 0.410 e. The highest BCUT2D eigenvalue weighted by atomic mass is 16.6. The minimum absolute atomic E-state index is 0.195. The largest absolute Gasteiger partial charge is 0.493 e. The molecule has 1 aliphatic heterocycles. The van der Waals surface area contributed by atoms with Crippen LogP contribution in [0.25, 0.3) is 0 Å². The molecule has 0 spiro atoms. The third-order valence-corrected chi connectivity index (χ3v) is 4.36. The van der Waals surface area contributed by atoms with Crippen molar-refractivity contribution in [2.24, 2.45) is 0 Å². The van der Waals surface area contributed by atoms with E-state index in [4.69, 9.17) is 9.47 Å². The summed E-state index contributed by atoms with van der Waals surface area (Å²) < 4.78 is 11.6. The number of likely N-dealkylation sites (tertiary alicyclic amines) is 1. The van der Waals surface area contributed by atoms with Crippen LogP contribution in [0.15, 0.2) is 18.2 Å². The Balaban J connectivity index is 1.93. The predicted octanol–water partition coefficient (Wildman–Crippen LogP) is 4.86. The van der Waals surface area contributed by atoms with Crippen molar-refractivity contribution >= 4 is 6.09 Å². The standard InChI is InChI=1S/C20H31NO3/c1-15-9-8-10-16(2)18(15)23-14-12-17-11-6-7-13-21(17)19(22)24-20(3,4)5/h8-10,17H,6-7,11-14H2,1-5H3. The number of piperidine rings is 1. The van der Waals surface area contributed by atoms with Crippen LogP contribution in [-0.4, -0.2) is 35.8 Å². The Kier molecular flexibility index (Phi) is 6.14. The summed E-state index contributed by atoms with van der Waals surface area (Å²) in [5.74, 6) is 0.970. The molecule has 24 heavy (non-hydrogen) atoms. The summed E-state index contributed by atoms with van der Waals surface area (Å²) in [7, 11) is 0. The van der Waals surface area contributed by atoms with Crippen molar-refractivity contribution in [3.05, 3.63) is 29.3 Å². The Labute approximate surface area is 146 Å². The van der Waals surface area contributed by atoms with Crippen LogP contribution in [0.3, 0.4) is 0 Å². The van der Waals surface area contributed by atoms with E-state index in [9.17, 15) is 4.79 Å². The van der Waals surface area contributed by atoms with Crippen LogP contribution in [0, 0.1) is 13.8 Å². The highest BCUT2D eigenvalue weighted by Gasteiger charge is 2.30. The van der Waals surface area contributed by atoms with Crippen molar-refractivity contribution in [1.29, 1.82) is 0 Å². The smallest absolute Gasteiger partial charge is 0.410 e. The van der Waals surface area contributed by atoms with Gasteiger partial charge in [-0.2, -0.15) is 0 Å². The Hall–Kier alpha value is -1.71. The highest BCUT2D eigenvalue weighted by molar-refractivity contribution is 5.68. The molecular weight excluding hydrogens is 302 g/mol. The fourth-order valence-electron chi connectivity index (χ4n) is 3.19. The zero-order chi connectivity index (χ0) is 17.7. The fourth-order valence-corrected chi connectivity index (χ4v) is 3.19. The van der Waals surface area contributed by atoms with E-state index < -0.39 is 5.60 Å². The predicted molar refractivity (Wildman–Crippen MR) is 96.6 cm³/mol. The van der Waals surface area contributed by atoms with Crippen molar-refractivity contribution in [3.63, 3.8) is 0 Å². The molecule has 0 aliphatic carbocycles. The minimum atomic E-state index is -0.451. The average molecular weight is 333 g/mol. The van der Waals surface area contributed by atoms with Gasteiger partial charge in [-0.25, -0.2) is 4.79 Å². The Morgan fingerprint density at radius 3 is 2.50 bits per heavy atom. The van der Waals surface area contributed by atoms with Gasteiger partial charge in [0.05, 0.1) is 6.61 Å². The van der Waals surface area contributed by atoms with E-state index in [2.05, 4.69) is 26.0 Å². The molecule has 0 saturated carbocycles. The number of aryl methyl sites for hydroxylation is 2. The third kappa shape index (κ3) is 5.15. The zero-order valence-electron chi connectivity index (χ0n) is 15.7. The third-order valence-electron chi connectivity index (χ3n) is 4.36. The Bertz CT molecular complexity index is 542. The van der Waals surface area contributed by atoms with E-state index in [0.29, 0.717) is 6.61 Å². The van der Waals surface area contributed by atoms with Crippen LogP contribution in [0.5, 0.6) is 5.75 Å². The van der Waals surface area contributed by atoms with Crippen molar-refractivity contribution < 1.29 is 14.3 Å². The summed E-state index contributed by atoms with van der Waals surface area (Å²) >= 11 is 0. The van der Waals surface area contributed by atoms with Crippen LogP contribution in [0.1, 0.15) is 57.6 Å². The number of para-hydroxylation sites is 1. The lowest BCUT2D eigenvalue weighted by Gasteiger charge is -2.36. The van der Waals surface area contributed by atoms with E-state index in [1.165, 1.54) is 0 Å². The molecule has 1 saturated heterocycles. The number of amides is 1. The van der Waals surface area contributed by atoms with Gasteiger partial charge in [-0.05, 0) is 65.0 Å². The number of ether oxygens (including phenoxy) is 2. The summed E-state index contributed by atoms with van der Waals surface area (Å²) in [5.41, 5.74) is 1.86. The van der Waals surface area contributed by atoms with E-state index >= 15 is 0 Å². The Morgan fingerprint density at radius 2 is 1.88 bits per heavy atom. The summed E-state index contributed by atoms with van der Waals surface area (Å²) in [5, 5.41) is 0. The molecule has 0 N–H and O–H groups in total. The van der Waals surface area contributed by atoms with Gasteiger partial charge in [-0.15, -0.1) is 0 Å². The maximum atomic E-state index is 12.4. The van der Waals surface area contributed by atoms with Crippen molar-refractivity contribution in [2.45, 2.75) is 71.9 Å². The average Bonchev–Trinajstić information content (AvgIpc) is 2.49. The molecule has 4 nitrogen and oxygen atoms in total. The van der Waals surface area contributed by atoms with Crippen molar-refractivity contribution in [3.8, 4) is 5.75 Å². The van der Waals surface area contributed by atoms with Crippen LogP contribution < -0.4 is 4.74 Å². The molecule has 1 aliphatic rings. The first-order valence-electron chi connectivity index (χ1n) is 8.96. The lowest BCUT2D eigenvalue weighted by molar-refractivity contribution is 0.00741. The lowest BCUT2D eigenvalue weighted by atomic mass is 10.00. The molecule has 1 amide bonds. The topological polar surface area (TPSA) is 38.8 Å². The molecule has 2 rings (SSSR count). The minimum Gasteiger partial charge on any atom is -0.493 e. The van der Waals surface area contributed by atoms with Gasteiger partial charge >= 0.3 is 6.09 Å². The van der Waals surface area contributed by atoms with Crippen LogP contribution in [0.2, 0.25) is 0 Å². The number of nitrogens with zero attached hydrogens (tertiary/aromatic N) is 1. The van der Waals surface area contributed by atoms with E-state index in [1.807, 2.05) is 31.7 Å². The summed E-state index contributed by atoms with van der Waals surface area (Å²) in [6.45, 7) is 11.3. The normalized spacial score (nSPS) is 18.4. The van der Waals surface area contributed by atoms with Gasteiger partial charge in [0.15, 0.2) is 0 Å². The van der Waals surface area contributed by atoms with Gasteiger partial charge in [0.1, 0.15) is 11.4 Å². The van der Waals surface area contributed by atoms with Gasteiger partial charge in [-0.1, -0.05) is 18.2 Å². The molecular formula is C20H31NO3. The first-order valence-corrected chi connectivity index (χ1v) is 8.96. The van der Waals surface area contributed by atoms with Crippen LogP contribution in [-0.2, 0) is 4.74 Å². The number of hydrogen-bond acceptors (Lipinski definition) is 3. The molecule has 1 atom stereocenters. The molecule has 0 bridgehead atoms. The molecule has 1 aromatic carbocycles. The van der Waals surface area contributed by atoms with Gasteiger partial charge in [-0.3, -0.25) is 0 Å². The first-order chi connectivity index (χ1) is 11.3. The second kappa shape index (κ2) is 7.91. The molecule has 4 heteroatoms. The number of benzene rings is 1. The quantitative estimate of drug-likeness (QED) is 0.789. The zero-order valence-corrected chi connectivity index (χ0v) is 15.7. The highest BCUT2D eigenvalue weighted by Crippen LogP contribution is 2.25. The molecule has 1 fully saturated rings. The second-order valence-corrected chi connectivity index (χ2v) is 7.68. The second-order valence-electron chi connectivity index (χ2n) is 7.68. The molecule has 1 aromatic rings. The van der Waals surface area contributed by atoms with Gasteiger partial charge in [0, 0.05) is 19.0 Å². The number of carbonyl (C=O) groups is 1.